The van der Waals surface area contributed by atoms with Gasteiger partial charge in [-0.25, -0.2) is 4.79 Å². The summed E-state index contributed by atoms with van der Waals surface area (Å²) in [6.07, 6.45) is 5.91. The molecular weight excluding hydrogens is 386 g/mol. The van der Waals surface area contributed by atoms with Crippen LogP contribution >= 0.6 is 0 Å². The van der Waals surface area contributed by atoms with Crippen molar-refractivity contribution >= 4 is 11.9 Å². The number of methoxy groups -OCH3 is 2. The number of hydrogen-bond donors (Lipinski definition) is 1. The Kier molecular flexibility index (Phi) is 7.37. The molecule has 2 heterocycles. The highest BCUT2D eigenvalue weighted by molar-refractivity contribution is 5.98. The molecule has 0 aliphatic carbocycles. The lowest BCUT2D eigenvalue weighted by Crippen LogP contribution is -2.31. The Bertz CT molecular complexity index is 839. The number of fused-ring (bicyclic) bond motifs is 1. The van der Waals surface area contributed by atoms with E-state index in [0.29, 0.717) is 42.9 Å². The van der Waals surface area contributed by atoms with Gasteiger partial charge in [-0.1, -0.05) is 11.6 Å². The third kappa shape index (κ3) is 4.78. The van der Waals surface area contributed by atoms with Crippen molar-refractivity contribution in [2.24, 2.45) is 0 Å². The van der Waals surface area contributed by atoms with E-state index in [-0.39, 0.29) is 24.6 Å². The summed E-state index contributed by atoms with van der Waals surface area (Å²) in [5.74, 6) is 0.887. The molecular formula is C23H31NO6. The molecule has 7 nitrogen and oxygen atoms in total. The smallest absolute Gasteiger partial charge is 0.342 e. The van der Waals surface area contributed by atoms with E-state index < -0.39 is 0 Å². The molecule has 1 N–H and O–H groups in total. The molecule has 1 atom stereocenters. The van der Waals surface area contributed by atoms with Gasteiger partial charge in [0.1, 0.15) is 23.7 Å². The van der Waals surface area contributed by atoms with Gasteiger partial charge < -0.3 is 24.3 Å². The van der Waals surface area contributed by atoms with Gasteiger partial charge in [-0.05, 0) is 45.1 Å². The van der Waals surface area contributed by atoms with Crippen LogP contribution in [0.1, 0.15) is 59.7 Å². The number of cyclic esters (lactones) is 1. The third-order valence-electron chi connectivity index (χ3n) is 5.78. The molecule has 1 fully saturated rings. The summed E-state index contributed by atoms with van der Waals surface area (Å²) < 4.78 is 22.0. The monoisotopic (exact) mass is 417 g/mol. The molecule has 1 aromatic rings. The van der Waals surface area contributed by atoms with Gasteiger partial charge >= 0.3 is 5.97 Å². The minimum Gasteiger partial charge on any atom is -0.496 e. The van der Waals surface area contributed by atoms with Gasteiger partial charge in [0.2, 0.25) is 5.91 Å². The fourth-order valence-electron chi connectivity index (χ4n) is 4.05. The second-order valence-electron chi connectivity index (χ2n) is 7.79. The van der Waals surface area contributed by atoms with Crippen molar-refractivity contribution in [2.45, 2.75) is 58.7 Å². The minimum absolute atomic E-state index is 0.0320. The van der Waals surface area contributed by atoms with E-state index in [1.165, 1.54) is 0 Å². The average molecular weight is 418 g/mol. The van der Waals surface area contributed by atoms with Crippen LogP contribution in [0.5, 0.6) is 11.5 Å². The van der Waals surface area contributed by atoms with Crippen LogP contribution in [0.15, 0.2) is 11.6 Å². The Morgan fingerprint density at radius 3 is 2.67 bits per heavy atom. The summed E-state index contributed by atoms with van der Waals surface area (Å²) >= 11 is 0. The molecule has 1 amide bonds. The molecule has 7 heteroatoms. The maximum Gasteiger partial charge on any atom is 0.342 e. The summed E-state index contributed by atoms with van der Waals surface area (Å²) in [6, 6.07) is 0. The zero-order valence-corrected chi connectivity index (χ0v) is 18.3. The highest BCUT2D eigenvalue weighted by atomic mass is 16.5. The number of esters is 1. The summed E-state index contributed by atoms with van der Waals surface area (Å²) in [5, 5.41) is 2.95. The number of carbonyl (C=O) groups is 2. The van der Waals surface area contributed by atoms with Crippen LogP contribution in [0.2, 0.25) is 0 Å². The van der Waals surface area contributed by atoms with Crippen LogP contribution in [0, 0.1) is 6.92 Å². The number of rotatable bonds is 9. The van der Waals surface area contributed by atoms with E-state index in [9.17, 15) is 9.59 Å². The van der Waals surface area contributed by atoms with Crippen molar-refractivity contribution in [2.75, 3.05) is 27.4 Å². The van der Waals surface area contributed by atoms with Crippen LogP contribution in [0.4, 0.5) is 0 Å². The number of nitrogens with one attached hydrogen (secondary N) is 1. The topological polar surface area (TPSA) is 83.1 Å². The molecule has 0 aromatic heterocycles. The van der Waals surface area contributed by atoms with E-state index in [0.717, 1.165) is 41.7 Å². The van der Waals surface area contributed by atoms with Crippen LogP contribution < -0.4 is 14.8 Å². The number of benzene rings is 1. The number of allylic oxidation sites excluding steroid dienone is 2. The highest BCUT2D eigenvalue weighted by Crippen LogP contribution is 2.42. The van der Waals surface area contributed by atoms with Gasteiger partial charge in [0.05, 0.1) is 20.3 Å². The van der Waals surface area contributed by atoms with E-state index in [2.05, 4.69) is 11.4 Å². The Morgan fingerprint density at radius 1 is 1.23 bits per heavy atom. The summed E-state index contributed by atoms with van der Waals surface area (Å²) in [4.78, 5) is 24.3. The molecule has 164 valence electrons. The van der Waals surface area contributed by atoms with Gasteiger partial charge in [0, 0.05) is 30.7 Å². The first-order chi connectivity index (χ1) is 14.5. The van der Waals surface area contributed by atoms with Gasteiger partial charge in [-0.3, -0.25) is 4.79 Å². The van der Waals surface area contributed by atoms with Crippen molar-refractivity contribution in [1.82, 2.24) is 5.32 Å². The van der Waals surface area contributed by atoms with Crippen molar-refractivity contribution in [3.63, 3.8) is 0 Å². The van der Waals surface area contributed by atoms with Crippen molar-refractivity contribution in [3.8, 4) is 11.5 Å². The molecule has 0 spiro atoms. The highest BCUT2D eigenvalue weighted by Gasteiger charge is 2.32. The first-order valence-electron chi connectivity index (χ1n) is 10.4. The Morgan fingerprint density at radius 2 is 2.00 bits per heavy atom. The van der Waals surface area contributed by atoms with E-state index in [1.54, 1.807) is 14.2 Å². The van der Waals surface area contributed by atoms with E-state index >= 15 is 0 Å². The van der Waals surface area contributed by atoms with Gasteiger partial charge in [-0.2, -0.15) is 0 Å². The van der Waals surface area contributed by atoms with Crippen LogP contribution in [0.25, 0.3) is 0 Å². The number of ether oxygens (including phenoxy) is 4. The quantitative estimate of drug-likeness (QED) is 0.491. The number of amides is 1. The molecule has 0 radical (unpaired) electrons. The fourth-order valence-corrected chi connectivity index (χ4v) is 4.05. The first kappa shape index (κ1) is 22.2. The normalized spacial score (nSPS) is 18.2. The Hall–Kier alpha value is -2.54. The first-order valence-corrected chi connectivity index (χ1v) is 10.4. The van der Waals surface area contributed by atoms with E-state index in [1.807, 2.05) is 13.8 Å². The van der Waals surface area contributed by atoms with Crippen LogP contribution in [0.3, 0.4) is 0 Å². The fraction of sp³-hybridized carbons (Fsp3) is 0.565. The average Bonchev–Trinajstić information content (AvgIpc) is 3.39. The molecule has 3 rings (SSSR count). The zero-order chi connectivity index (χ0) is 21.7. The van der Waals surface area contributed by atoms with Crippen molar-refractivity contribution in [1.29, 1.82) is 0 Å². The molecule has 0 unspecified atom stereocenters. The van der Waals surface area contributed by atoms with Gasteiger partial charge in [0.15, 0.2) is 0 Å². The summed E-state index contributed by atoms with van der Waals surface area (Å²) in [5.41, 5.74) is 4.12. The lowest BCUT2D eigenvalue weighted by atomic mass is 9.94. The van der Waals surface area contributed by atoms with Crippen LogP contribution in [-0.4, -0.2) is 45.4 Å². The molecule has 1 saturated heterocycles. The molecule has 0 saturated carbocycles. The summed E-state index contributed by atoms with van der Waals surface area (Å²) in [7, 11) is 3.17. The third-order valence-corrected chi connectivity index (χ3v) is 5.78. The van der Waals surface area contributed by atoms with Gasteiger partial charge in [-0.15, -0.1) is 0 Å². The zero-order valence-electron chi connectivity index (χ0n) is 18.3. The molecule has 2 aliphatic rings. The van der Waals surface area contributed by atoms with Gasteiger partial charge in [0.25, 0.3) is 0 Å². The molecule has 0 bridgehead atoms. The molecule has 2 aliphatic heterocycles. The predicted molar refractivity (Wildman–Crippen MR) is 112 cm³/mol. The largest absolute Gasteiger partial charge is 0.496 e. The summed E-state index contributed by atoms with van der Waals surface area (Å²) in [6.45, 7) is 5.54. The number of hydrogen-bond acceptors (Lipinski definition) is 6. The number of carbonyl (C=O) groups excluding carboxylic acids is 2. The van der Waals surface area contributed by atoms with E-state index in [4.69, 9.17) is 18.9 Å². The molecule has 1 aromatic carbocycles. The SMILES string of the molecule is COc1c(C)c2c(c(OC)c1C/C=C(\C)CCC(=O)NC[C@@H]1CCCO1)C(=O)OC2. The van der Waals surface area contributed by atoms with Crippen molar-refractivity contribution in [3.05, 3.63) is 33.9 Å². The molecule has 30 heavy (non-hydrogen) atoms. The maximum absolute atomic E-state index is 12.2. The maximum atomic E-state index is 12.2. The second kappa shape index (κ2) is 9.98. The van der Waals surface area contributed by atoms with Crippen LogP contribution in [-0.2, 0) is 27.3 Å². The Labute approximate surface area is 177 Å². The lowest BCUT2D eigenvalue weighted by Gasteiger charge is -2.18. The second-order valence-corrected chi connectivity index (χ2v) is 7.79. The predicted octanol–water partition coefficient (Wildman–Crippen LogP) is 3.25. The minimum atomic E-state index is -0.363. The lowest BCUT2D eigenvalue weighted by molar-refractivity contribution is -0.121. The Balaban J connectivity index is 1.65. The standard InChI is InChI=1S/C23H31NO6/c1-14(8-10-19(25)24-12-16-6-5-11-29-16)7-9-17-21(27-3)15(2)18-13-30-23(26)20(18)22(17)28-4/h7,16H,5-6,8-13H2,1-4H3,(H,24,25)/b14-7+/t16-/m0/s1. The van der Waals surface area contributed by atoms with Crippen molar-refractivity contribution < 1.29 is 28.5 Å².